The Bertz CT molecular complexity index is 116. The first-order chi connectivity index (χ1) is 6.00. The van der Waals surface area contributed by atoms with Crippen molar-refractivity contribution in [3.63, 3.8) is 0 Å². The van der Waals surface area contributed by atoms with Crippen LogP contribution < -0.4 is 0 Å². The third kappa shape index (κ3) is 6.09. The first-order valence-corrected chi connectivity index (χ1v) is 5.68. The van der Waals surface area contributed by atoms with Crippen LogP contribution in [0.2, 0.25) is 0 Å². The fourth-order valence-electron chi connectivity index (χ4n) is 1.39. The van der Waals surface area contributed by atoms with Crippen molar-refractivity contribution in [1.82, 2.24) is 0 Å². The zero-order valence-corrected chi connectivity index (χ0v) is 9.77. The second-order valence-electron chi connectivity index (χ2n) is 4.83. The van der Waals surface area contributed by atoms with Crippen molar-refractivity contribution in [3.8, 4) is 0 Å². The van der Waals surface area contributed by atoms with Crippen LogP contribution in [-0.4, -0.2) is 11.2 Å². The van der Waals surface area contributed by atoms with Crippen LogP contribution in [0.5, 0.6) is 0 Å². The Morgan fingerprint density at radius 2 is 1.62 bits per heavy atom. The molecule has 0 aromatic rings. The average Bonchev–Trinajstić information content (AvgIpc) is 2.03. The van der Waals surface area contributed by atoms with Crippen LogP contribution in [0.15, 0.2) is 0 Å². The van der Waals surface area contributed by atoms with Gasteiger partial charge in [0.25, 0.3) is 0 Å². The Labute approximate surface area is 83.5 Å². The van der Waals surface area contributed by atoms with E-state index >= 15 is 0 Å². The third-order valence-electron chi connectivity index (χ3n) is 3.06. The van der Waals surface area contributed by atoms with E-state index in [0.29, 0.717) is 0 Å². The number of rotatable bonds is 7. The number of hydrogen-bond donors (Lipinski definition) is 1. The van der Waals surface area contributed by atoms with Crippen LogP contribution in [0, 0.1) is 5.41 Å². The first kappa shape index (κ1) is 13.0. The highest BCUT2D eigenvalue weighted by molar-refractivity contribution is 4.73. The van der Waals surface area contributed by atoms with Crippen molar-refractivity contribution in [2.24, 2.45) is 5.41 Å². The summed E-state index contributed by atoms with van der Waals surface area (Å²) < 4.78 is 0. The topological polar surface area (TPSA) is 20.2 Å². The molecule has 0 amide bonds. The van der Waals surface area contributed by atoms with Crippen LogP contribution in [0.25, 0.3) is 0 Å². The fourth-order valence-corrected chi connectivity index (χ4v) is 1.39. The summed E-state index contributed by atoms with van der Waals surface area (Å²) >= 11 is 0. The molecule has 1 unspecified atom stereocenters. The van der Waals surface area contributed by atoms with Gasteiger partial charge in [-0.3, -0.25) is 0 Å². The molecule has 0 heterocycles. The molecule has 1 nitrogen and oxygen atoms in total. The average molecular weight is 186 g/mol. The molecule has 1 heteroatoms. The van der Waals surface area contributed by atoms with Gasteiger partial charge in [-0.25, -0.2) is 0 Å². The molecule has 1 atom stereocenters. The second kappa shape index (κ2) is 6.42. The van der Waals surface area contributed by atoms with E-state index in [-0.39, 0.29) is 11.5 Å². The minimum Gasteiger partial charge on any atom is -0.393 e. The molecule has 0 spiro atoms. The molecule has 0 saturated carbocycles. The summed E-state index contributed by atoms with van der Waals surface area (Å²) in [6, 6.07) is 0. The van der Waals surface area contributed by atoms with Gasteiger partial charge in [0.2, 0.25) is 0 Å². The van der Waals surface area contributed by atoms with E-state index in [1.54, 1.807) is 0 Å². The Kier molecular flexibility index (Phi) is 6.40. The van der Waals surface area contributed by atoms with E-state index in [9.17, 15) is 5.11 Å². The molecular weight excluding hydrogens is 160 g/mol. The molecule has 0 saturated heterocycles. The molecule has 0 aromatic carbocycles. The normalized spacial score (nSPS) is 14.5. The highest BCUT2D eigenvalue weighted by Gasteiger charge is 2.22. The highest BCUT2D eigenvalue weighted by Crippen LogP contribution is 2.27. The number of aliphatic hydroxyl groups is 1. The minimum absolute atomic E-state index is 0.103. The lowest BCUT2D eigenvalue weighted by molar-refractivity contribution is 0.0577. The zero-order chi connectivity index (χ0) is 10.3. The predicted octanol–water partition coefficient (Wildman–Crippen LogP) is 3.75. The van der Waals surface area contributed by atoms with E-state index in [1.807, 2.05) is 6.92 Å². The summed E-state index contributed by atoms with van der Waals surface area (Å²) in [7, 11) is 0. The molecule has 0 rings (SSSR count). The van der Waals surface area contributed by atoms with Crippen molar-refractivity contribution in [2.45, 2.75) is 72.3 Å². The van der Waals surface area contributed by atoms with E-state index in [2.05, 4.69) is 20.8 Å². The Morgan fingerprint density at radius 1 is 1.08 bits per heavy atom. The van der Waals surface area contributed by atoms with E-state index in [1.165, 1.54) is 32.1 Å². The van der Waals surface area contributed by atoms with Crippen LogP contribution in [-0.2, 0) is 0 Å². The molecule has 1 N–H and O–H groups in total. The van der Waals surface area contributed by atoms with Gasteiger partial charge in [-0.15, -0.1) is 0 Å². The van der Waals surface area contributed by atoms with Gasteiger partial charge < -0.3 is 5.11 Å². The molecule has 0 aliphatic rings. The quantitative estimate of drug-likeness (QED) is 0.600. The molecule has 0 fully saturated rings. The first-order valence-electron chi connectivity index (χ1n) is 5.68. The number of unbranched alkanes of at least 4 members (excludes halogenated alkanes) is 4. The van der Waals surface area contributed by atoms with E-state index in [0.717, 1.165) is 6.42 Å². The Hall–Kier alpha value is -0.0400. The molecule has 0 aliphatic heterocycles. The summed E-state index contributed by atoms with van der Waals surface area (Å²) in [4.78, 5) is 0. The van der Waals surface area contributed by atoms with Crippen LogP contribution in [0.3, 0.4) is 0 Å². The molecular formula is C12H26O. The third-order valence-corrected chi connectivity index (χ3v) is 3.06. The van der Waals surface area contributed by atoms with Crippen LogP contribution in [0.1, 0.15) is 66.2 Å². The van der Waals surface area contributed by atoms with Crippen molar-refractivity contribution in [2.75, 3.05) is 0 Å². The maximum Gasteiger partial charge on any atom is 0.0563 e. The summed E-state index contributed by atoms with van der Waals surface area (Å²) in [5.41, 5.74) is 0.103. The van der Waals surface area contributed by atoms with Crippen molar-refractivity contribution < 1.29 is 5.11 Å². The van der Waals surface area contributed by atoms with E-state index < -0.39 is 0 Å². The van der Waals surface area contributed by atoms with Gasteiger partial charge in [0.1, 0.15) is 0 Å². The summed E-state index contributed by atoms with van der Waals surface area (Å²) in [5, 5.41) is 9.48. The molecule has 13 heavy (non-hydrogen) atoms. The van der Waals surface area contributed by atoms with Gasteiger partial charge in [-0.05, 0) is 18.8 Å². The van der Waals surface area contributed by atoms with Crippen molar-refractivity contribution in [3.05, 3.63) is 0 Å². The summed E-state index contributed by atoms with van der Waals surface area (Å²) in [6.45, 7) is 8.43. The minimum atomic E-state index is -0.182. The monoisotopic (exact) mass is 186 g/mol. The van der Waals surface area contributed by atoms with Gasteiger partial charge in [0.05, 0.1) is 6.10 Å². The highest BCUT2D eigenvalue weighted by atomic mass is 16.3. The molecule has 0 radical (unpaired) electrons. The summed E-state index contributed by atoms with van der Waals surface area (Å²) in [5.74, 6) is 0. The molecule has 0 bridgehead atoms. The SMILES string of the molecule is CCCCCCCC(C)(C)C(C)O. The second-order valence-corrected chi connectivity index (χ2v) is 4.83. The lowest BCUT2D eigenvalue weighted by atomic mass is 9.82. The van der Waals surface area contributed by atoms with Gasteiger partial charge in [0, 0.05) is 0 Å². The smallest absolute Gasteiger partial charge is 0.0563 e. The lowest BCUT2D eigenvalue weighted by Gasteiger charge is -2.27. The predicted molar refractivity (Wildman–Crippen MR) is 58.8 cm³/mol. The fraction of sp³-hybridized carbons (Fsp3) is 1.00. The molecule has 0 aliphatic carbocycles. The van der Waals surface area contributed by atoms with Gasteiger partial charge >= 0.3 is 0 Å². The molecule has 0 aromatic heterocycles. The van der Waals surface area contributed by atoms with E-state index in [4.69, 9.17) is 0 Å². The van der Waals surface area contributed by atoms with Crippen molar-refractivity contribution in [1.29, 1.82) is 0 Å². The number of aliphatic hydroxyl groups excluding tert-OH is 1. The lowest BCUT2D eigenvalue weighted by Crippen LogP contribution is -2.26. The Balaban J connectivity index is 3.41. The number of hydrogen-bond acceptors (Lipinski definition) is 1. The maximum atomic E-state index is 9.48. The van der Waals surface area contributed by atoms with Gasteiger partial charge in [-0.1, -0.05) is 52.9 Å². The van der Waals surface area contributed by atoms with Gasteiger partial charge in [-0.2, -0.15) is 0 Å². The standard InChI is InChI=1S/C12H26O/c1-5-6-7-8-9-10-12(3,4)11(2)13/h11,13H,5-10H2,1-4H3. The zero-order valence-electron chi connectivity index (χ0n) is 9.77. The van der Waals surface area contributed by atoms with Crippen LogP contribution >= 0.6 is 0 Å². The van der Waals surface area contributed by atoms with Crippen LogP contribution in [0.4, 0.5) is 0 Å². The summed E-state index contributed by atoms with van der Waals surface area (Å²) in [6.07, 6.45) is 7.57. The molecule has 80 valence electrons. The van der Waals surface area contributed by atoms with Crippen molar-refractivity contribution >= 4 is 0 Å². The van der Waals surface area contributed by atoms with Gasteiger partial charge in [0.15, 0.2) is 0 Å². The Morgan fingerprint density at radius 3 is 2.08 bits per heavy atom. The maximum absolute atomic E-state index is 9.48. The largest absolute Gasteiger partial charge is 0.393 e.